The predicted octanol–water partition coefficient (Wildman–Crippen LogP) is 5.52. The van der Waals surface area contributed by atoms with Crippen LogP contribution in [0.3, 0.4) is 0 Å². The van der Waals surface area contributed by atoms with E-state index in [0.717, 1.165) is 105 Å². The fourth-order valence-electron chi connectivity index (χ4n) is 9.73. The third-order valence-corrected chi connectivity index (χ3v) is 13.1. The molecule has 0 radical (unpaired) electrons. The molecular weight excluding hydrogens is 808 g/mol. The number of hydrogen-bond donors (Lipinski definition) is 3. The maximum atomic E-state index is 13.6. The van der Waals surface area contributed by atoms with Crippen molar-refractivity contribution in [2.75, 3.05) is 74.1 Å². The average Bonchev–Trinajstić information content (AvgIpc) is 3.76. The van der Waals surface area contributed by atoms with E-state index in [1.54, 1.807) is 12.1 Å². The van der Waals surface area contributed by atoms with Gasteiger partial charge in [-0.2, -0.15) is 18.2 Å². The molecule has 0 atom stereocenters. The highest BCUT2D eigenvalue weighted by Crippen LogP contribution is 2.39. The first-order chi connectivity index (χ1) is 29.9. The monoisotopic (exact) mass is 855 g/mol. The number of urea groups is 1. The lowest BCUT2D eigenvalue weighted by Crippen LogP contribution is -2.58. The zero-order valence-corrected chi connectivity index (χ0v) is 34.1. The standard InChI is InChI=1S/C44H48F3N9O6/c45-44(46,47)30-4-1-3-29(23-30)39(59)50-42-48-34-24-32(11-12-35(34)55(42)31-9-7-28(26-57)8-10-31)52-21-19-51(20-22-52)25-27-13-16-53(17-14-27)36-6-2-5-33-38(36)41(61)56(40(33)60)54-18-15-37(58)49-43(54)62/h1-6,11-12,23-24,27-28,31,57H,7-10,13-22,25-26H2,(H,48,50,59)(H,49,58,62). The van der Waals surface area contributed by atoms with Crippen molar-refractivity contribution in [3.8, 4) is 0 Å². The number of fused-ring (bicyclic) bond motifs is 2. The highest BCUT2D eigenvalue weighted by molar-refractivity contribution is 6.24. The summed E-state index contributed by atoms with van der Waals surface area (Å²) in [5.74, 6) is -1.35. The molecule has 3 N–H and O–H groups in total. The fourth-order valence-corrected chi connectivity index (χ4v) is 9.73. The molecule has 6 amide bonds. The summed E-state index contributed by atoms with van der Waals surface area (Å²) in [6.07, 6.45) is 0.376. The van der Waals surface area contributed by atoms with Gasteiger partial charge in [-0.15, -0.1) is 0 Å². The van der Waals surface area contributed by atoms with Crippen LogP contribution in [-0.4, -0.2) is 118 Å². The molecule has 4 fully saturated rings. The van der Waals surface area contributed by atoms with Crippen LogP contribution in [0.5, 0.6) is 0 Å². The molecule has 0 bridgehead atoms. The van der Waals surface area contributed by atoms with E-state index in [1.807, 2.05) is 22.8 Å². The number of alkyl halides is 3. The smallest absolute Gasteiger partial charge is 0.396 e. The third-order valence-electron chi connectivity index (χ3n) is 13.1. The maximum absolute atomic E-state index is 13.6. The van der Waals surface area contributed by atoms with Gasteiger partial charge >= 0.3 is 12.2 Å². The van der Waals surface area contributed by atoms with Gasteiger partial charge < -0.3 is 19.5 Å². The van der Waals surface area contributed by atoms with Crippen molar-refractivity contribution in [2.45, 2.75) is 57.2 Å². The molecule has 5 aliphatic rings. The van der Waals surface area contributed by atoms with Gasteiger partial charge in [0.05, 0.1) is 40.0 Å². The maximum Gasteiger partial charge on any atom is 0.416 e. The Morgan fingerprint density at radius 2 is 1.55 bits per heavy atom. The number of halogens is 3. The largest absolute Gasteiger partial charge is 0.416 e. The van der Waals surface area contributed by atoms with Crippen molar-refractivity contribution in [1.82, 2.24) is 29.8 Å². The summed E-state index contributed by atoms with van der Waals surface area (Å²) in [4.78, 5) is 76.4. The van der Waals surface area contributed by atoms with Crippen LogP contribution in [0.2, 0.25) is 0 Å². The number of aliphatic hydroxyl groups is 1. The van der Waals surface area contributed by atoms with E-state index in [1.165, 1.54) is 12.1 Å². The number of aromatic nitrogens is 2. The van der Waals surface area contributed by atoms with Gasteiger partial charge in [0.1, 0.15) is 0 Å². The molecule has 3 saturated heterocycles. The molecule has 4 aromatic rings. The van der Waals surface area contributed by atoms with Gasteiger partial charge in [0, 0.05) is 76.1 Å². The minimum absolute atomic E-state index is 0.00499. The number of rotatable bonds is 9. The number of carbonyl (C=O) groups excluding carboxylic acids is 5. The predicted molar refractivity (Wildman–Crippen MR) is 223 cm³/mol. The van der Waals surface area contributed by atoms with Crippen LogP contribution in [-0.2, 0) is 11.0 Å². The van der Waals surface area contributed by atoms with Crippen LogP contribution in [0.25, 0.3) is 11.0 Å². The zero-order chi connectivity index (χ0) is 43.3. The number of nitrogens with one attached hydrogen (secondary N) is 2. The van der Waals surface area contributed by atoms with Crippen molar-refractivity contribution in [1.29, 1.82) is 0 Å². The molecule has 1 saturated carbocycles. The molecule has 9 rings (SSSR count). The summed E-state index contributed by atoms with van der Waals surface area (Å²) in [5.41, 5.74) is 2.68. The number of carbonyl (C=O) groups is 5. The minimum atomic E-state index is -4.58. The average molecular weight is 856 g/mol. The Morgan fingerprint density at radius 1 is 0.806 bits per heavy atom. The summed E-state index contributed by atoms with van der Waals surface area (Å²) in [6, 6.07) is 14.8. The number of piperazine rings is 1. The first-order valence-corrected chi connectivity index (χ1v) is 21.3. The lowest BCUT2D eigenvalue weighted by atomic mass is 9.86. The summed E-state index contributed by atoms with van der Waals surface area (Å²) < 4.78 is 42.4. The van der Waals surface area contributed by atoms with E-state index in [0.29, 0.717) is 30.2 Å². The van der Waals surface area contributed by atoms with Crippen LogP contribution in [0.4, 0.5) is 35.3 Å². The Kier molecular flexibility index (Phi) is 11.1. The van der Waals surface area contributed by atoms with Crippen molar-refractivity contribution in [3.05, 3.63) is 82.9 Å². The van der Waals surface area contributed by atoms with E-state index in [4.69, 9.17) is 4.98 Å². The number of anilines is 3. The third kappa shape index (κ3) is 7.96. The highest BCUT2D eigenvalue weighted by atomic mass is 19.4. The van der Waals surface area contributed by atoms with Crippen molar-refractivity contribution < 1.29 is 42.3 Å². The Hall–Kier alpha value is -6.01. The van der Waals surface area contributed by atoms with Crippen LogP contribution < -0.4 is 20.4 Å². The zero-order valence-electron chi connectivity index (χ0n) is 34.1. The van der Waals surface area contributed by atoms with E-state index < -0.39 is 41.4 Å². The second-order valence-corrected chi connectivity index (χ2v) is 16.9. The molecular formula is C44H48F3N9O6. The quantitative estimate of drug-likeness (QED) is 0.183. The van der Waals surface area contributed by atoms with E-state index in [-0.39, 0.29) is 54.2 Å². The van der Waals surface area contributed by atoms with Crippen molar-refractivity contribution in [3.63, 3.8) is 0 Å². The van der Waals surface area contributed by atoms with Crippen LogP contribution in [0.15, 0.2) is 60.7 Å². The van der Waals surface area contributed by atoms with Gasteiger partial charge in [-0.1, -0.05) is 12.1 Å². The van der Waals surface area contributed by atoms with Crippen molar-refractivity contribution >= 4 is 58.0 Å². The molecule has 18 heteroatoms. The second kappa shape index (κ2) is 16.7. The van der Waals surface area contributed by atoms with Crippen LogP contribution >= 0.6 is 0 Å². The fraction of sp³-hybridized carbons (Fsp3) is 0.455. The molecule has 326 valence electrons. The summed E-state index contributed by atoms with van der Waals surface area (Å²) in [7, 11) is 0. The van der Waals surface area contributed by atoms with E-state index >= 15 is 0 Å². The molecule has 0 spiro atoms. The molecule has 4 aliphatic heterocycles. The molecule has 1 aliphatic carbocycles. The SMILES string of the molecule is O=C1CCN(N2C(=O)c3cccc(N4CCC(CN5CCN(c6ccc7c(c6)nc(NC(=O)c6cccc(C(F)(F)F)c6)n7C6CCC(CO)CC6)CC5)CC4)c3C2=O)C(=O)N1. The van der Waals surface area contributed by atoms with Gasteiger partial charge in [0.15, 0.2) is 0 Å². The lowest BCUT2D eigenvalue weighted by Gasteiger charge is -2.40. The first kappa shape index (κ1) is 41.3. The highest BCUT2D eigenvalue weighted by Gasteiger charge is 2.45. The number of imidazole rings is 1. The second-order valence-electron chi connectivity index (χ2n) is 16.9. The number of amides is 6. The minimum Gasteiger partial charge on any atom is -0.396 e. The summed E-state index contributed by atoms with van der Waals surface area (Å²) in [6.45, 7) is 5.70. The summed E-state index contributed by atoms with van der Waals surface area (Å²) >= 11 is 0. The van der Waals surface area contributed by atoms with E-state index in [9.17, 15) is 42.3 Å². The number of hydrazine groups is 1. The normalized spacial score (nSPS) is 21.8. The molecule has 15 nitrogen and oxygen atoms in total. The molecule has 62 heavy (non-hydrogen) atoms. The number of nitrogens with zero attached hydrogens (tertiary/aromatic N) is 7. The van der Waals surface area contributed by atoms with Gasteiger partial charge in [0.2, 0.25) is 11.9 Å². The Bertz CT molecular complexity index is 2420. The van der Waals surface area contributed by atoms with Gasteiger partial charge in [-0.25, -0.2) is 14.8 Å². The number of imide groups is 2. The Labute approximate surface area is 355 Å². The summed E-state index contributed by atoms with van der Waals surface area (Å²) in [5, 5.41) is 16.6. The van der Waals surface area contributed by atoms with Crippen molar-refractivity contribution in [2.24, 2.45) is 11.8 Å². The van der Waals surface area contributed by atoms with Crippen LogP contribution in [0.1, 0.15) is 87.6 Å². The number of benzene rings is 3. The number of aliphatic hydroxyl groups excluding tert-OH is 1. The molecule has 3 aromatic carbocycles. The van der Waals surface area contributed by atoms with Gasteiger partial charge in [0.25, 0.3) is 17.7 Å². The Balaban J connectivity index is 0.833. The van der Waals surface area contributed by atoms with Gasteiger partial charge in [-0.05, 0) is 98.9 Å². The Morgan fingerprint density at radius 3 is 2.26 bits per heavy atom. The van der Waals surface area contributed by atoms with E-state index in [2.05, 4.69) is 31.4 Å². The topological polar surface area (TPSA) is 164 Å². The molecule has 5 heterocycles. The first-order valence-electron chi connectivity index (χ1n) is 21.3. The molecule has 0 unspecified atom stereocenters. The molecule has 1 aromatic heterocycles. The van der Waals surface area contributed by atoms with Crippen LogP contribution in [0, 0.1) is 11.8 Å². The number of piperidine rings is 1. The number of hydrogen-bond acceptors (Lipinski definition) is 10. The van der Waals surface area contributed by atoms with Gasteiger partial charge in [-0.3, -0.25) is 34.7 Å². The lowest BCUT2D eigenvalue weighted by molar-refractivity contribution is -0.137.